The van der Waals surface area contributed by atoms with E-state index in [1.807, 2.05) is 31.2 Å². The van der Waals surface area contributed by atoms with Gasteiger partial charge in [0.25, 0.3) is 5.91 Å². The molecule has 1 amide bonds. The summed E-state index contributed by atoms with van der Waals surface area (Å²) in [7, 11) is 0. The van der Waals surface area contributed by atoms with Crippen LogP contribution in [0.15, 0.2) is 48.5 Å². The van der Waals surface area contributed by atoms with E-state index in [2.05, 4.69) is 5.32 Å². The van der Waals surface area contributed by atoms with Gasteiger partial charge < -0.3 is 14.8 Å². The number of benzene rings is 2. The monoisotopic (exact) mass is 331 g/mol. The Morgan fingerprint density at radius 3 is 2.46 bits per heavy atom. The molecule has 126 valence electrons. The smallest absolute Gasteiger partial charge is 0.344 e. The number of ether oxygens (including phenoxy) is 2. The lowest BCUT2D eigenvalue weighted by Gasteiger charge is -2.09. The zero-order valence-corrected chi connectivity index (χ0v) is 13.3. The van der Waals surface area contributed by atoms with Crippen LogP contribution in [-0.4, -0.2) is 25.1 Å². The van der Waals surface area contributed by atoms with E-state index in [0.29, 0.717) is 12.3 Å². The van der Waals surface area contributed by atoms with Crippen molar-refractivity contribution in [3.05, 3.63) is 65.5 Å². The highest BCUT2D eigenvalue weighted by atomic mass is 19.1. The second-order valence-electron chi connectivity index (χ2n) is 5.11. The van der Waals surface area contributed by atoms with Gasteiger partial charge in [-0.25, -0.2) is 9.18 Å². The maximum absolute atomic E-state index is 12.7. The second-order valence-corrected chi connectivity index (χ2v) is 5.11. The van der Waals surface area contributed by atoms with Gasteiger partial charge in [0, 0.05) is 6.54 Å². The summed E-state index contributed by atoms with van der Waals surface area (Å²) in [6.45, 7) is 1.59. The third-order valence-corrected chi connectivity index (χ3v) is 3.27. The van der Waals surface area contributed by atoms with Gasteiger partial charge in [-0.1, -0.05) is 24.3 Å². The molecule has 0 radical (unpaired) electrons. The van der Waals surface area contributed by atoms with Gasteiger partial charge in [0.2, 0.25) is 0 Å². The molecule has 2 aromatic rings. The minimum Gasteiger partial charge on any atom is -0.482 e. The fourth-order valence-corrected chi connectivity index (χ4v) is 1.91. The fourth-order valence-electron chi connectivity index (χ4n) is 1.91. The number of rotatable bonds is 7. The molecule has 0 fully saturated rings. The van der Waals surface area contributed by atoms with E-state index in [1.165, 1.54) is 24.3 Å². The number of amides is 1. The van der Waals surface area contributed by atoms with E-state index in [9.17, 15) is 14.0 Å². The standard InChI is InChI=1S/C18H18FNO4/c1-13-4-2-3-5-14(13)10-20-17(21)11-24-18(22)12-23-16-8-6-15(19)7-9-16/h2-9H,10-12H2,1H3,(H,20,21). The Kier molecular flexibility index (Phi) is 6.31. The molecule has 1 N–H and O–H groups in total. The van der Waals surface area contributed by atoms with Crippen molar-refractivity contribution in [1.82, 2.24) is 5.32 Å². The van der Waals surface area contributed by atoms with Crippen molar-refractivity contribution in [2.75, 3.05) is 13.2 Å². The first-order valence-corrected chi connectivity index (χ1v) is 7.40. The third-order valence-electron chi connectivity index (χ3n) is 3.27. The van der Waals surface area contributed by atoms with Crippen LogP contribution in [0.3, 0.4) is 0 Å². The zero-order chi connectivity index (χ0) is 17.4. The normalized spacial score (nSPS) is 10.1. The highest BCUT2D eigenvalue weighted by Gasteiger charge is 2.09. The molecule has 0 bridgehead atoms. The molecule has 0 aliphatic rings. The van der Waals surface area contributed by atoms with Crippen LogP contribution in [0.1, 0.15) is 11.1 Å². The van der Waals surface area contributed by atoms with Crippen molar-refractivity contribution in [2.24, 2.45) is 0 Å². The Balaban J connectivity index is 1.66. The van der Waals surface area contributed by atoms with Crippen molar-refractivity contribution >= 4 is 11.9 Å². The Bertz CT molecular complexity index is 700. The third kappa shape index (κ3) is 5.72. The lowest BCUT2D eigenvalue weighted by atomic mass is 10.1. The zero-order valence-electron chi connectivity index (χ0n) is 13.3. The molecule has 2 aromatic carbocycles. The molecule has 0 aromatic heterocycles. The number of aryl methyl sites for hydroxylation is 1. The Morgan fingerprint density at radius 1 is 1.04 bits per heavy atom. The molecule has 0 saturated heterocycles. The largest absolute Gasteiger partial charge is 0.482 e. The summed E-state index contributed by atoms with van der Waals surface area (Å²) < 4.78 is 22.7. The Labute approximate surface area is 139 Å². The molecule has 0 unspecified atom stereocenters. The van der Waals surface area contributed by atoms with Crippen molar-refractivity contribution in [3.8, 4) is 5.75 Å². The minimum absolute atomic E-state index is 0.345. The first-order valence-electron chi connectivity index (χ1n) is 7.40. The maximum atomic E-state index is 12.7. The van der Waals surface area contributed by atoms with E-state index in [4.69, 9.17) is 9.47 Å². The van der Waals surface area contributed by atoms with Crippen molar-refractivity contribution in [1.29, 1.82) is 0 Å². The lowest BCUT2D eigenvalue weighted by Crippen LogP contribution is -2.29. The quantitative estimate of drug-likeness (QED) is 0.791. The van der Waals surface area contributed by atoms with Gasteiger partial charge in [-0.15, -0.1) is 0 Å². The number of hydrogen-bond donors (Lipinski definition) is 1. The molecule has 0 spiro atoms. The number of halogens is 1. The van der Waals surface area contributed by atoms with Crippen LogP contribution in [0.25, 0.3) is 0 Å². The fraction of sp³-hybridized carbons (Fsp3) is 0.222. The SMILES string of the molecule is Cc1ccccc1CNC(=O)COC(=O)COc1ccc(F)cc1. The first kappa shape index (κ1) is 17.5. The Morgan fingerprint density at radius 2 is 1.75 bits per heavy atom. The van der Waals surface area contributed by atoms with Crippen LogP contribution in [-0.2, 0) is 20.9 Å². The number of carbonyl (C=O) groups is 2. The highest BCUT2D eigenvalue weighted by Crippen LogP contribution is 2.10. The molecule has 0 atom stereocenters. The number of hydrogen-bond acceptors (Lipinski definition) is 4. The van der Waals surface area contributed by atoms with Gasteiger partial charge in [0.05, 0.1) is 0 Å². The Hall–Kier alpha value is -2.89. The van der Waals surface area contributed by atoms with Gasteiger partial charge in [-0.2, -0.15) is 0 Å². The molecular weight excluding hydrogens is 313 g/mol. The topological polar surface area (TPSA) is 64.6 Å². The van der Waals surface area contributed by atoms with E-state index in [0.717, 1.165) is 11.1 Å². The molecular formula is C18H18FNO4. The summed E-state index contributed by atoms with van der Waals surface area (Å²) >= 11 is 0. The molecule has 0 aliphatic heterocycles. The lowest BCUT2D eigenvalue weighted by molar-refractivity contribution is -0.150. The van der Waals surface area contributed by atoms with E-state index >= 15 is 0 Å². The molecule has 5 nitrogen and oxygen atoms in total. The van der Waals surface area contributed by atoms with Crippen LogP contribution in [0.2, 0.25) is 0 Å². The van der Waals surface area contributed by atoms with Crippen LogP contribution >= 0.6 is 0 Å². The van der Waals surface area contributed by atoms with Gasteiger partial charge in [-0.3, -0.25) is 4.79 Å². The summed E-state index contributed by atoms with van der Waals surface area (Å²) in [4.78, 5) is 23.2. The summed E-state index contributed by atoms with van der Waals surface area (Å²) in [5.74, 6) is -1.12. The molecule has 24 heavy (non-hydrogen) atoms. The second kappa shape index (κ2) is 8.67. The molecule has 0 aliphatic carbocycles. The molecule has 6 heteroatoms. The van der Waals surface area contributed by atoms with Crippen molar-refractivity contribution in [3.63, 3.8) is 0 Å². The van der Waals surface area contributed by atoms with E-state index in [-0.39, 0.29) is 13.2 Å². The number of carbonyl (C=O) groups excluding carboxylic acids is 2. The van der Waals surface area contributed by atoms with Gasteiger partial charge in [-0.05, 0) is 42.3 Å². The summed E-state index contributed by atoms with van der Waals surface area (Å²) in [5, 5.41) is 2.68. The highest BCUT2D eigenvalue weighted by molar-refractivity contribution is 5.80. The molecule has 0 saturated carbocycles. The summed E-state index contributed by atoms with van der Waals surface area (Å²) in [6.07, 6.45) is 0. The molecule has 2 rings (SSSR count). The van der Waals surface area contributed by atoms with E-state index in [1.54, 1.807) is 0 Å². The van der Waals surface area contributed by atoms with Crippen LogP contribution < -0.4 is 10.1 Å². The van der Waals surface area contributed by atoms with E-state index < -0.39 is 17.7 Å². The van der Waals surface area contributed by atoms with Gasteiger partial charge in [0.1, 0.15) is 11.6 Å². The average molecular weight is 331 g/mol. The van der Waals surface area contributed by atoms with Crippen LogP contribution in [0.5, 0.6) is 5.75 Å². The summed E-state index contributed by atoms with van der Waals surface area (Å²) in [5.41, 5.74) is 2.07. The molecule has 0 heterocycles. The van der Waals surface area contributed by atoms with Crippen molar-refractivity contribution in [2.45, 2.75) is 13.5 Å². The maximum Gasteiger partial charge on any atom is 0.344 e. The van der Waals surface area contributed by atoms with Crippen LogP contribution in [0, 0.1) is 12.7 Å². The minimum atomic E-state index is -0.676. The number of nitrogens with one attached hydrogen (secondary N) is 1. The first-order chi connectivity index (χ1) is 11.5. The average Bonchev–Trinajstić information content (AvgIpc) is 2.58. The number of esters is 1. The summed E-state index contributed by atoms with van der Waals surface area (Å²) in [6, 6.07) is 12.9. The van der Waals surface area contributed by atoms with Crippen LogP contribution in [0.4, 0.5) is 4.39 Å². The predicted molar refractivity (Wildman–Crippen MR) is 85.9 cm³/mol. The predicted octanol–water partition coefficient (Wildman–Crippen LogP) is 2.37. The van der Waals surface area contributed by atoms with Gasteiger partial charge in [0.15, 0.2) is 13.2 Å². The van der Waals surface area contributed by atoms with Crippen molar-refractivity contribution < 1.29 is 23.5 Å². The van der Waals surface area contributed by atoms with Gasteiger partial charge >= 0.3 is 5.97 Å².